The molecule has 86 valence electrons. The molecule has 1 heterocycles. The number of aryl methyl sites for hydroxylation is 1. The monoisotopic (exact) mass is 268 g/mol. The number of nitrogens with one attached hydrogen (secondary N) is 1. The summed E-state index contributed by atoms with van der Waals surface area (Å²) in [5, 5.41) is 3.59. The third-order valence-corrected chi connectivity index (χ3v) is 2.20. The molecule has 0 aliphatic heterocycles. The molecule has 6 heteroatoms. The summed E-state index contributed by atoms with van der Waals surface area (Å²) in [5.74, 6) is -0.0686. The smallest absolute Gasteiger partial charge is 0.221 e. The SMILES string of the molecule is CSc1nc(C)ccc1NC(C)=O.Cl.Cl. The van der Waals surface area contributed by atoms with Crippen LogP contribution in [-0.2, 0) is 4.79 Å². The molecule has 1 amide bonds. The standard InChI is InChI=1S/C9H12N2OS.2ClH/c1-6-4-5-8(11-7(2)12)9(10-6)13-3;;/h4-5H,1-3H3,(H,11,12);2*1H. The molecule has 0 saturated carbocycles. The van der Waals surface area contributed by atoms with Crippen LogP contribution in [0, 0.1) is 6.92 Å². The molecular formula is C9H14Cl2N2OS. The molecule has 0 bridgehead atoms. The van der Waals surface area contributed by atoms with E-state index in [0.29, 0.717) is 0 Å². The van der Waals surface area contributed by atoms with Crippen LogP contribution in [-0.4, -0.2) is 17.1 Å². The van der Waals surface area contributed by atoms with Gasteiger partial charge in [-0.25, -0.2) is 4.98 Å². The first-order chi connectivity index (χ1) is 6.13. The van der Waals surface area contributed by atoms with Crippen LogP contribution in [0.2, 0.25) is 0 Å². The Hall–Kier alpha value is -0.450. The van der Waals surface area contributed by atoms with Crippen LogP contribution in [0.15, 0.2) is 17.2 Å². The van der Waals surface area contributed by atoms with Crippen molar-refractivity contribution in [3.05, 3.63) is 17.8 Å². The van der Waals surface area contributed by atoms with Gasteiger partial charge in [-0.1, -0.05) is 0 Å². The summed E-state index contributed by atoms with van der Waals surface area (Å²) >= 11 is 1.53. The minimum atomic E-state index is -0.0686. The molecule has 1 aromatic heterocycles. The molecule has 3 nitrogen and oxygen atoms in total. The third-order valence-electron chi connectivity index (χ3n) is 1.50. The van der Waals surface area contributed by atoms with Crippen LogP contribution in [0.4, 0.5) is 5.69 Å². The number of aromatic nitrogens is 1. The Morgan fingerprint density at radius 2 is 2.00 bits per heavy atom. The Bertz CT molecular complexity index is 334. The normalized spacial score (nSPS) is 8.47. The zero-order chi connectivity index (χ0) is 9.84. The number of rotatable bonds is 2. The average Bonchev–Trinajstić information content (AvgIpc) is 2.07. The number of pyridine rings is 1. The van der Waals surface area contributed by atoms with E-state index in [0.717, 1.165) is 16.4 Å². The van der Waals surface area contributed by atoms with E-state index in [-0.39, 0.29) is 30.7 Å². The van der Waals surface area contributed by atoms with Crippen LogP contribution in [0.3, 0.4) is 0 Å². The Labute approximate surface area is 106 Å². The highest BCUT2D eigenvalue weighted by Crippen LogP contribution is 2.22. The second-order valence-electron chi connectivity index (χ2n) is 2.69. The summed E-state index contributed by atoms with van der Waals surface area (Å²) in [6, 6.07) is 3.75. The summed E-state index contributed by atoms with van der Waals surface area (Å²) in [5.41, 5.74) is 1.74. The molecule has 0 atom stereocenters. The van der Waals surface area contributed by atoms with Gasteiger partial charge in [0.2, 0.25) is 5.91 Å². The number of halogens is 2. The van der Waals surface area contributed by atoms with Crippen molar-refractivity contribution < 1.29 is 4.79 Å². The van der Waals surface area contributed by atoms with Gasteiger partial charge in [0.05, 0.1) is 5.69 Å². The van der Waals surface area contributed by atoms with Crippen LogP contribution in [0.5, 0.6) is 0 Å². The lowest BCUT2D eigenvalue weighted by Crippen LogP contribution is -2.07. The molecule has 15 heavy (non-hydrogen) atoms. The van der Waals surface area contributed by atoms with Crippen molar-refractivity contribution in [1.82, 2.24) is 4.98 Å². The maximum Gasteiger partial charge on any atom is 0.221 e. The van der Waals surface area contributed by atoms with E-state index in [1.807, 2.05) is 25.3 Å². The van der Waals surface area contributed by atoms with Crippen LogP contribution in [0.25, 0.3) is 0 Å². The largest absolute Gasteiger partial charge is 0.324 e. The highest BCUT2D eigenvalue weighted by molar-refractivity contribution is 7.98. The molecule has 0 aromatic carbocycles. The van der Waals surface area contributed by atoms with Gasteiger partial charge in [0.15, 0.2) is 0 Å². The minimum Gasteiger partial charge on any atom is -0.324 e. The number of carbonyl (C=O) groups excluding carboxylic acids is 1. The highest BCUT2D eigenvalue weighted by atomic mass is 35.5. The summed E-state index contributed by atoms with van der Waals surface area (Å²) in [7, 11) is 0. The van der Waals surface area contributed by atoms with Crippen LogP contribution >= 0.6 is 36.6 Å². The molecule has 0 saturated heterocycles. The van der Waals surface area contributed by atoms with E-state index in [1.54, 1.807) is 0 Å². The highest BCUT2D eigenvalue weighted by Gasteiger charge is 2.03. The van der Waals surface area contributed by atoms with Crippen LogP contribution < -0.4 is 5.32 Å². The van der Waals surface area contributed by atoms with Crippen molar-refractivity contribution in [3.8, 4) is 0 Å². The maximum atomic E-state index is 10.8. The fourth-order valence-corrected chi connectivity index (χ4v) is 1.55. The average molecular weight is 269 g/mol. The first kappa shape index (κ1) is 17.0. The first-order valence-corrected chi connectivity index (χ1v) is 5.15. The number of hydrogen-bond donors (Lipinski definition) is 1. The number of hydrogen-bond acceptors (Lipinski definition) is 3. The summed E-state index contributed by atoms with van der Waals surface area (Å²) in [4.78, 5) is 15.1. The summed E-state index contributed by atoms with van der Waals surface area (Å²) < 4.78 is 0. The van der Waals surface area contributed by atoms with Gasteiger partial charge in [-0.2, -0.15) is 0 Å². The molecule has 0 spiro atoms. The molecule has 0 aliphatic carbocycles. The zero-order valence-electron chi connectivity index (χ0n) is 8.73. The van der Waals surface area contributed by atoms with E-state index in [9.17, 15) is 4.79 Å². The van der Waals surface area contributed by atoms with Crippen molar-refractivity contribution in [1.29, 1.82) is 0 Å². The Kier molecular flexibility index (Phi) is 8.81. The lowest BCUT2D eigenvalue weighted by Gasteiger charge is -2.06. The second-order valence-corrected chi connectivity index (χ2v) is 3.49. The van der Waals surface area contributed by atoms with E-state index in [1.165, 1.54) is 18.7 Å². The predicted octanol–water partition coefficient (Wildman–Crippen LogP) is 2.91. The Morgan fingerprint density at radius 3 is 2.47 bits per heavy atom. The van der Waals surface area contributed by atoms with E-state index in [2.05, 4.69) is 10.3 Å². The van der Waals surface area contributed by atoms with Gasteiger partial charge in [0.1, 0.15) is 5.03 Å². The number of thioether (sulfide) groups is 1. The number of nitrogens with zero attached hydrogens (tertiary/aromatic N) is 1. The van der Waals surface area contributed by atoms with Gasteiger partial charge >= 0.3 is 0 Å². The molecule has 0 fully saturated rings. The first-order valence-electron chi connectivity index (χ1n) is 3.92. The van der Waals surface area contributed by atoms with Crippen molar-refractivity contribution in [2.75, 3.05) is 11.6 Å². The van der Waals surface area contributed by atoms with Crippen LogP contribution in [0.1, 0.15) is 12.6 Å². The summed E-state index contributed by atoms with van der Waals surface area (Å²) in [6.07, 6.45) is 1.94. The Balaban J connectivity index is 0. The molecule has 0 radical (unpaired) electrons. The Morgan fingerprint density at radius 1 is 1.40 bits per heavy atom. The summed E-state index contributed by atoms with van der Waals surface area (Å²) in [6.45, 7) is 3.42. The molecule has 1 N–H and O–H groups in total. The van der Waals surface area contributed by atoms with Crippen molar-refractivity contribution in [2.24, 2.45) is 0 Å². The van der Waals surface area contributed by atoms with Crippen molar-refractivity contribution in [2.45, 2.75) is 18.9 Å². The lowest BCUT2D eigenvalue weighted by atomic mass is 10.3. The lowest BCUT2D eigenvalue weighted by molar-refractivity contribution is -0.114. The van der Waals surface area contributed by atoms with Gasteiger partial charge in [-0.05, 0) is 25.3 Å². The topological polar surface area (TPSA) is 42.0 Å². The molecule has 1 rings (SSSR count). The van der Waals surface area contributed by atoms with Gasteiger partial charge in [-0.3, -0.25) is 4.79 Å². The van der Waals surface area contributed by atoms with E-state index in [4.69, 9.17) is 0 Å². The fraction of sp³-hybridized carbons (Fsp3) is 0.333. The molecule has 1 aromatic rings. The molecular weight excluding hydrogens is 255 g/mol. The second kappa shape index (κ2) is 7.79. The van der Waals surface area contributed by atoms with E-state index >= 15 is 0 Å². The van der Waals surface area contributed by atoms with Gasteiger partial charge in [0, 0.05) is 12.6 Å². The maximum absolute atomic E-state index is 10.8. The van der Waals surface area contributed by atoms with Gasteiger partial charge < -0.3 is 5.32 Å². The van der Waals surface area contributed by atoms with Crippen molar-refractivity contribution in [3.63, 3.8) is 0 Å². The number of amides is 1. The molecule has 0 unspecified atom stereocenters. The van der Waals surface area contributed by atoms with Gasteiger partial charge in [0.25, 0.3) is 0 Å². The van der Waals surface area contributed by atoms with E-state index < -0.39 is 0 Å². The predicted molar refractivity (Wildman–Crippen MR) is 69.6 cm³/mol. The minimum absolute atomic E-state index is 0. The quantitative estimate of drug-likeness (QED) is 0.839. The zero-order valence-corrected chi connectivity index (χ0v) is 11.2. The number of carbonyl (C=O) groups is 1. The third kappa shape index (κ3) is 5.25. The van der Waals surface area contributed by atoms with Crippen molar-refractivity contribution >= 4 is 48.2 Å². The fourth-order valence-electron chi connectivity index (χ4n) is 0.973. The van der Waals surface area contributed by atoms with Gasteiger partial charge in [-0.15, -0.1) is 36.6 Å². The number of anilines is 1. The molecule has 0 aliphatic rings.